The minimum absolute atomic E-state index is 0.140. The summed E-state index contributed by atoms with van der Waals surface area (Å²) in [6, 6.07) is 5.59. The number of rotatable bonds is 5. The number of nitrogens with two attached hydrogens (primary N) is 1. The van der Waals surface area contributed by atoms with Crippen LogP contribution in [0.25, 0.3) is 11.4 Å². The van der Waals surface area contributed by atoms with Crippen molar-refractivity contribution < 1.29 is 13.9 Å². The molecular formula is C21H21FN6O2. The first-order valence-electron chi connectivity index (χ1n) is 9.59. The molecule has 1 aliphatic heterocycles. The first-order chi connectivity index (χ1) is 14.5. The third kappa shape index (κ3) is 4.17. The number of carbonyl (C=O) groups excluding carboxylic acids is 1. The molecule has 154 valence electrons. The molecule has 0 unspecified atom stereocenters. The minimum atomic E-state index is -0.528. The van der Waals surface area contributed by atoms with Crippen LogP contribution in [0.3, 0.4) is 0 Å². The number of nitrogens with zero attached hydrogens (tertiary/aromatic N) is 5. The molecule has 2 N–H and O–H groups in total. The summed E-state index contributed by atoms with van der Waals surface area (Å²) in [5, 5.41) is 0. The number of aryl methyl sites for hydroxylation is 1. The highest BCUT2D eigenvalue weighted by molar-refractivity contribution is 6.11. The third-order valence-corrected chi connectivity index (χ3v) is 4.80. The van der Waals surface area contributed by atoms with E-state index in [1.165, 1.54) is 18.2 Å². The molecule has 3 heterocycles. The number of ether oxygens (including phenoxy) is 1. The molecule has 0 atom stereocenters. The Labute approximate surface area is 173 Å². The van der Waals surface area contributed by atoms with Gasteiger partial charge in [0.15, 0.2) is 5.82 Å². The fourth-order valence-electron chi connectivity index (χ4n) is 3.26. The average molecular weight is 408 g/mol. The molecule has 1 saturated heterocycles. The Morgan fingerprint density at radius 1 is 1.17 bits per heavy atom. The number of hydrogen-bond donors (Lipinski definition) is 1. The van der Waals surface area contributed by atoms with E-state index < -0.39 is 11.6 Å². The highest BCUT2D eigenvalue weighted by Crippen LogP contribution is 2.25. The number of carbonyl (C=O) groups is 1. The standard InChI is InChI=1S/C21H21FN6O2/c1-13-26-18(9-19(27-13)28-4-6-30-7-5-28)20(29)17-8-15(22)2-3-16(17)21-24-11-14(10-23)12-25-21/h2-3,8-9,11-12H,4-7,10,23H2,1H3. The van der Waals surface area contributed by atoms with E-state index in [0.717, 1.165) is 5.56 Å². The number of aromatic nitrogens is 4. The van der Waals surface area contributed by atoms with E-state index in [1.54, 1.807) is 25.4 Å². The summed E-state index contributed by atoms with van der Waals surface area (Å²) in [5.74, 6) is 0.477. The van der Waals surface area contributed by atoms with Crippen LogP contribution in [0.5, 0.6) is 0 Å². The molecule has 1 aromatic carbocycles. The van der Waals surface area contributed by atoms with Gasteiger partial charge < -0.3 is 15.4 Å². The Balaban J connectivity index is 1.74. The summed E-state index contributed by atoms with van der Waals surface area (Å²) in [6.07, 6.45) is 3.18. The topological polar surface area (TPSA) is 107 Å². The summed E-state index contributed by atoms with van der Waals surface area (Å²) in [5.41, 5.74) is 7.11. The molecule has 9 heteroatoms. The second kappa shape index (κ2) is 8.60. The van der Waals surface area contributed by atoms with Crippen molar-refractivity contribution in [3.63, 3.8) is 0 Å². The first kappa shape index (κ1) is 20.0. The van der Waals surface area contributed by atoms with Gasteiger partial charge in [-0.3, -0.25) is 4.79 Å². The Morgan fingerprint density at radius 2 is 1.90 bits per heavy atom. The van der Waals surface area contributed by atoms with Crippen LogP contribution in [0.4, 0.5) is 10.2 Å². The molecule has 0 aliphatic carbocycles. The van der Waals surface area contributed by atoms with Gasteiger partial charge in [-0.1, -0.05) is 0 Å². The zero-order valence-electron chi connectivity index (χ0n) is 16.5. The van der Waals surface area contributed by atoms with Crippen molar-refractivity contribution in [3.05, 3.63) is 65.1 Å². The van der Waals surface area contributed by atoms with Crippen LogP contribution in [0, 0.1) is 12.7 Å². The average Bonchev–Trinajstić information content (AvgIpc) is 2.79. The summed E-state index contributed by atoms with van der Waals surface area (Å²) >= 11 is 0. The van der Waals surface area contributed by atoms with E-state index in [2.05, 4.69) is 19.9 Å². The van der Waals surface area contributed by atoms with E-state index in [0.29, 0.717) is 55.9 Å². The highest BCUT2D eigenvalue weighted by atomic mass is 19.1. The van der Waals surface area contributed by atoms with Gasteiger partial charge in [-0.25, -0.2) is 24.3 Å². The zero-order chi connectivity index (χ0) is 21.1. The number of morpholine rings is 1. The van der Waals surface area contributed by atoms with E-state index in [4.69, 9.17) is 10.5 Å². The van der Waals surface area contributed by atoms with E-state index in [-0.39, 0.29) is 11.3 Å². The molecule has 0 bridgehead atoms. The first-order valence-corrected chi connectivity index (χ1v) is 9.59. The lowest BCUT2D eigenvalue weighted by Gasteiger charge is -2.28. The van der Waals surface area contributed by atoms with Crippen LogP contribution in [-0.2, 0) is 11.3 Å². The van der Waals surface area contributed by atoms with Crippen molar-refractivity contribution in [1.29, 1.82) is 0 Å². The van der Waals surface area contributed by atoms with E-state index >= 15 is 0 Å². The summed E-state index contributed by atoms with van der Waals surface area (Å²) < 4.78 is 19.4. The molecule has 0 radical (unpaired) electrons. The molecule has 30 heavy (non-hydrogen) atoms. The van der Waals surface area contributed by atoms with Crippen molar-refractivity contribution in [3.8, 4) is 11.4 Å². The molecule has 0 spiro atoms. The van der Waals surface area contributed by atoms with Crippen molar-refractivity contribution in [1.82, 2.24) is 19.9 Å². The van der Waals surface area contributed by atoms with Gasteiger partial charge in [-0.15, -0.1) is 0 Å². The van der Waals surface area contributed by atoms with Gasteiger partial charge in [-0.2, -0.15) is 0 Å². The predicted molar refractivity (Wildman–Crippen MR) is 109 cm³/mol. The molecule has 0 amide bonds. The molecule has 1 aliphatic rings. The number of anilines is 1. The maximum absolute atomic E-state index is 14.0. The van der Waals surface area contributed by atoms with Crippen molar-refractivity contribution >= 4 is 11.6 Å². The summed E-state index contributed by atoms with van der Waals surface area (Å²) in [6.45, 7) is 4.57. The van der Waals surface area contributed by atoms with Gasteiger partial charge in [0.1, 0.15) is 23.2 Å². The molecular weight excluding hydrogens is 387 g/mol. The van der Waals surface area contributed by atoms with Gasteiger partial charge in [0.05, 0.1) is 13.2 Å². The van der Waals surface area contributed by atoms with Crippen LogP contribution in [0.1, 0.15) is 27.4 Å². The van der Waals surface area contributed by atoms with Gasteiger partial charge >= 0.3 is 0 Å². The van der Waals surface area contributed by atoms with E-state index in [1.807, 2.05) is 4.90 Å². The maximum atomic E-state index is 14.0. The van der Waals surface area contributed by atoms with Gasteiger partial charge in [0, 0.05) is 54.8 Å². The molecule has 8 nitrogen and oxygen atoms in total. The van der Waals surface area contributed by atoms with Crippen molar-refractivity contribution in [2.45, 2.75) is 13.5 Å². The number of benzene rings is 1. The Hall–Kier alpha value is -3.30. The van der Waals surface area contributed by atoms with Crippen LogP contribution in [0.2, 0.25) is 0 Å². The Morgan fingerprint density at radius 3 is 2.60 bits per heavy atom. The fourth-order valence-corrected chi connectivity index (χ4v) is 3.26. The van der Waals surface area contributed by atoms with Crippen molar-refractivity contribution in [2.75, 3.05) is 31.2 Å². The molecule has 1 fully saturated rings. The van der Waals surface area contributed by atoms with Crippen LogP contribution < -0.4 is 10.6 Å². The smallest absolute Gasteiger partial charge is 0.212 e. The van der Waals surface area contributed by atoms with Crippen LogP contribution in [-0.4, -0.2) is 52.0 Å². The number of halogens is 1. The third-order valence-electron chi connectivity index (χ3n) is 4.80. The fraction of sp³-hybridized carbons (Fsp3) is 0.286. The second-order valence-corrected chi connectivity index (χ2v) is 6.90. The molecule has 2 aromatic heterocycles. The monoisotopic (exact) mass is 408 g/mol. The maximum Gasteiger partial charge on any atom is 0.212 e. The Bertz CT molecular complexity index is 1070. The second-order valence-electron chi connectivity index (χ2n) is 6.90. The largest absolute Gasteiger partial charge is 0.378 e. The van der Waals surface area contributed by atoms with Crippen molar-refractivity contribution in [2.24, 2.45) is 5.73 Å². The lowest BCUT2D eigenvalue weighted by atomic mass is 10.00. The molecule has 3 aromatic rings. The Kier molecular flexibility index (Phi) is 5.73. The van der Waals surface area contributed by atoms with Gasteiger partial charge in [-0.05, 0) is 25.1 Å². The minimum Gasteiger partial charge on any atom is -0.378 e. The number of ketones is 1. The quantitative estimate of drug-likeness (QED) is 0.638. The normalized spacial score (nSPS) is 14.0. The summed E-state index contributed by atoms with van der Waals surface area (Å²) in [7, 11) is 0. The molecule has 0 saturated carbocycles. The van der Waals surface area contributed by atoms with Gasteiger partial charge in [0.2, 0.25) is 5.78 Å². The lowest BCUT2D eigenvalue weighted by molar-refractivity contribution is 0.103. The SMILES string of the molecule is Cc1nc(C(=O)c2cc(F)ccc2-c2ncc(CN)cn2)cc(N2CCOCC2)n1. The highest BCUT2D eigenvalue weighted by Gasteiger charge is 2.22. The van der Waals surface area contributed by atoms with Gasteiger partial charge in [0.25, 0.3) is 0 Å². The van der Waals surface area contributed by atoms with Crippen LogP contribution >= 0.6 is 0 Å². The van der Waals surface area contributed by atoms with Crippen LogP contribution in [0.15, 0.2) is 36.7 Å². The molecule has 4 rings (SSSR count). The zero-order valence-corrected chi connectivity index (χ0v) is 16.5. The number of hydrogen-bond acceptors (Lipinski definition) is 8. The lowest BCUT2D eigenvalue weighted by Crippen LogP contribution is -2.37. The summed E-state index contributed by atoms with van der Waals surface area (Å²) in [4.78, 5) is 32.7. The van der Waals surface area contributed by atoms with E-state index in [9.17, 15) is 9.18 Å². The predicted octanol–water partition coefficient (Wildman–Crippen LogP) is 1.91.